The van der Waals surface area contributed by atoms with E-state index in [-0.39, 0.29) is 6.54 Å². The van der Waals surface area contributed by atoms with Gasteiger partial charge in [-0.3, -0.25) is 4.79 Å². The molecule has 106 valence electrons. The molecule has 4 nitrogen and oxygen atoms in total. The first-order chi connectivity index (χ1) is 8.03. The molecule has 7 heteroatoms. The molecule has 3 N–H and O–H groups in total. The Hall–Kier alpha value is -0.820. The van der Waals surface area contributed by atoms with Crippen LogP contribution in [-0.2, 0) is 4.79 Å². The van der Waals surface area contributed by atoms with Crippen LogP contribution in [0.1, 0.15) is 33.1 Å². The lowest BCUT2D eigenvalue weighted by molar-refractivity contribution is -0.253. The maximum absolute atomic E-state index is 12.6. The molecule has 2 unspecified atom stereocenters. The predicted molar refractivity (Wildman–Crippen MR) is 59.7 cm³/mol. The molecular weight excluding hydrogens is 249 g/mol. The number of alkyl halides is 3. The third-order valence-electron chi connectivity index (χ3n) is 3.32. The van der Waals surface area contributed by atoms with Crippen molar-refractivity contribution in [2.24, 2.45) is 5.73 Å². The van der Waals surface area contributed by atoms with Crippen LogP contribution in [0.3, 0.4) is 0 Å². The summed E-state index contributed by atoms with van der Waals surface area (Å²) in [5.74, 6) is -0.537. The SMILES string of the molecule is CCCC(C)(N)C(=O)N1CCC(O)(C(F)(F)F)C1. The van der Waals surface area contributed by atoms with Gasteiger partial charge in [0, 0.05) is 13.0 Å². The molecule has 0 aromatic rings. The van der Waals surface area contributed by atoms with Crippen molar-refractivity contribution in [2.45, 2.75) is 50.4 Å². The van der Waals surface area contributed by atoms with E-state index in [4.69, 9.17) is 5.73 Å². The third-order valence-corrected chi connectivity index (χ3v) is 3.32. The average Bonchev–Trinajstić information content (AvgIpc) is 2.60. The van der Waals surface area contributed by atoms with Crippen LogP contribution in [-0.4, -0.2) is 46.3 Å². The van der Waals surface area contributed by atoms with Gasteiger partial charge in [-0.2, -0.15) is 13.2 Å². The van der Waals surface area contributed by atoms with Crippen molar-refractivity contribution in [2.75, 3.05) is 13.1 Å². The van der Waals surface area contributed by atoms with Gasteiger partial charge < -0.3 is 15.7 Å². The van der Waals surface area contributed by atoms with Gasteiger partial charge in [-0.25, -0.2) is 0 Å². The molecular formula is C11H19F3N2O2. The van der Waals surface area contributed by atoms with Crippen LogP contribution in [0.25, 0.3) is 0 Å². The van der Waals surface area contributed by atoms with E-state index in [1.165, 1.54) is 6.92 Å². The average molecular weight is 268 g/mol. The molecule has 0 spiro atoms. The van der Waals surface area contributed by atoms with Gasteiger partial charge in [0.15, 0.2) is 5.60 Å². The summed E-state index contributed by atoms with van der Waals surface area (Å²) in [6, 6.07) is 0. The number of hydrogen-bond acceptors (Lipinski definition) is 3. The lowest BCUT2D eigenvalue weighted by atomic mass is 9.96. The molecule has 0 aliphatic carbocycles. The highest BCUT2D eigenvalue weighted by Crippen LogP contribution is 2.38. The number of β-amino-alcohol motifs (C(OH)–C–C–N with tert-alkyl or cyclic N) is 1. The Kier molecular flexibility index (Phi) is 3.97. The number of amides is 1. The molecule has 0 bridgehead atoms. The minimum Gasteiger partial charge on any atom is -0.379 e. The summed E-state index contributed by atoms with van der Waals surface area (Å²) in [7, 11) is 0. The minimum absolute atomic E-state index is 0.120. The van der Waals surface area contributed by atoms with E-state index in [0.717, 1.165) is 4.90 Å². The molecule has 0 radical (unpaired) electrons. The molecule has 1 fully saturated rings. The Labute approximate surface area is 104 Å². The summed E-state index contributed by atoms with van der Waals surface area (Å²) in [6.45, 7) is 2.50. The van der Waals surface area contributed by atoms with Gasteiger partial charge in [0.2, 0.25) is 5.91 Å². The standard InChI is InChI=1S/C11H19F3N2O2/c1-3-4-9(2,15)8(17)16-6-5-10(18,7-16)11(12,13)14/h18H,3-7,15H2,1-2H3. The van der Waals surface area contributed by atoms with Crippen molar-refractivity contribution in [1.82, 2.24) is 4.90 Å². The largest absolute Gasteiger partial charge is 0.419 e. The Balaban J connectivity index is 2.76. The fourth-order valence-electron chi connectivity index (χ4n) is 2.19. The zero-order valence-electron chi connectivity index (χ0n) is 10.5. The maximum atomic E-state index is 12.6. The summed E-state index contributed by atoms with van der Waals surface area (Å²) in [6.07, 6.45) is -4.16. The Bertz CT molecular complexity index is 331. The Morgan fingerprint density at radius 1 is 1.50 bits per heavy atom. The molecule has 0 saturated carbocycles. The molecule has 18 heavy (non-hydrogen) atoms. The molecule has 2 atom stereocenters. The van der Waals surface area contributed by atoms with Gasteiger partial charge >= 0.3 is 6.18 Å². The lowest BCUT2D eigenvalue weighted by Crippen LogP contribution is -2.55. The number of carbonyl (C=O) groups is 1. The van der Waals surface area contributed by atoms with Crippen LogP contribution in [0.2, 0.25) is 0 Å². The zero-order valence-corrected chi connectivity index (χ0v) is 10.5. The van der Waals surface area contributed by atoms with Gasteiger partial charge in [0.05, 0.1) is 12.1 Å². The highest BCUT2D eigenvalue weighted by molar-refractivity contribution is 5.86. The van der Waals surface area contributed by atoms with Crippen molar-refractivity contribution in [1.29, 1.82) is 0 Å². The summed E-state index contributed by atoms with van der Waals surface area (Å²) in [4.78, 5) is 13.0. The predicted octanol–water partition coefficient (Wildman–Crippen LogP) is 1.03. The number of aliphatic hydroxyl groups is 1. The normalized spacial score (nSPS) is 28.3. The monoisotopic (exact) mass is 268 g/mol. The third kappa shape index (κ3) is 2.77. The fraction of sp³-hybridized carbons (Fsp3) is 0.909. The van der Waals surface area contributed by atoms with Crippen molar-refractivity contribution in [3.05, 3.63) is 0 Å². The molecule has 1 aliphatic heterocycles. The second kappa shape index (κ2) is 4.70. The van der Waals surface area contributed by atoms with Crippen LogP contribution in [0.4, 0.5) is 13.2 Å². The van der Waals surface area contributed by atoms with Crippen molar-refractivity contribution < 1.29 is 23.1 Å². The number of likely N-dealkylation sites (tertiary alicyclic amines) is 1. The van der Waals surface area contributed by atoms with Crippen molar-refractivity contribution in [3.8, 4) is 0 Å². The molecule has 1 heterocycles. The molecule has 1 rings (SSSR count). The summed E-state index contributed by atoms with van der Waals surface area (Å²) < 4.78 is 37.8. The molecule has 0 aromatic heterocycles. The van der Waals surface area contributed by atoms with E-state index in [1.54, 1.807) is 0 Å². The maximum Gasteiger partial charge on any atom is 0.419 e. The van der Waals surface area contributed by atoms with Crippen LogP contribution in [0, 0.1) is 0 Å². The van der Waals surface area contributed by atoms with E-state index >= 15 is 0 Å². The highest BCUT2D eigenvalue weighted by Gasteiger charge is 2.58. The Morgan fingerprint density at radius 3 is 2.44 bits per heavy atom. The van der Waals surface area contributed by atoms with Gasteiger partial charge in [-0.15, -0.1) is 0 Å². The van der Waals surface area contributed by atoms with E-state index in [2.05, 4.69) is 0 Å². The first-order valence-corrected chi connectivity index (χ1v) is 5.91. The minimum atomic E-state index is -4.72. The number of carbonyl (C=O) groups excluding carboxylic acids is 1. The van der Waals surface area contributed by atoms with Crippen LogP contribution >= 0.6 is 0 Å². The first kappa shape index (κ1) is 15.2. The first-order valence-electron chi connectivity index (χ1n) is 5.91. The number of rotatable bonds is 3. The van der Waals surface area contributed by atoms with Crippen molar-refractivity contribution in [3.63, 3.8) is 0 Å². The topological polar surface area (TPSA) is 66.6 Å². The molecule has 1 amide bonds. The van der Waals surface area contributed by atoms with Crippen LogP contribution in [0.5, 0.6) is 0 Å². The van der Waals surface area contributed by atoms with E-state index in [9.17, 15) is 23.1 Å². The van der Waals surface area contributed by atoms with E-state index < -0.39 is 36.2 Å². The Morgan fingerprint density at radius 2 is 2.06 bits per heavy atom. The van der Waals surface area contributed by atoms with Gasteiger partial charge in [-0.1, -0.05) is 13.3 Å². The fourth-order valence-corrected chi connectivity index (χ4v) is 2.19. The van der Waals surface area contributed by atoms with Gasteiger partial charge in [-0.05, 0) is 13.3 Å². The van der Waals surface area contributed by atoms with Gasteiger partial charge in [0.1, 0.15) is 0 Å². The van der Waals surface area contributed by atoms with E-state index in [1.807, 2.05) is 6.92 Å². The van der Waals surface area contributed by atoms with Gasteiger partial charge in [0.25, 0.3) is 0 Å². The summed E-state index contributed by atoms with van der Waals surface area (Å²) in [5, 5.41) is 9.48. The number of halogens is 3. The second-order valence-electron chi connectivity index (χ2n) is 5.17. The van der Waals surface area contributed by atoms with E-state index in [0.29, 0.717) is 12.8 Å². The zero-order chi connectivity index (χ0) is 14.2. The lowest BCUT2D eigenvalue weighted by Gasteiger charge is -2.30. The van der Waals surface area contributed by atoms with Crippen LogP contribution < -0.4 is 5.73 Å². The summed E-state index contributed by atoms with van der Waals surface area (Å²) in [5.41, 5.74) is 1.82. The highest BCUT2D eigenvalue weighted by atomic mass is 19.4. The number of nitrogens with zero attached hydrogens (tertiary/aromatic N) is 1. The quantitative estimate of drug-likeness (QED) is 0.803. The molecule has 1 saturated heterocycles. The van der Waals surface area contributed by atoms with Crippen molar-refractivity contribution >= 4 is 5.91 Å². The second-order valence-corrected chi connectivity index (χ2v) is 5.17. The number of hydrogen-bond donors (Lipinski definition) is 2. The summed E-state index contributed by atoms with van der Waals surface area (Å²) >= 11 is 0. The van der Waals surface area contributed by atoms with Crippen LogP contribution in [0.15, 0.2) is 0 Å². The molecule has 0 aromatic carbocycles. The molecule has 1 aliphatic rings. The number of nitrogens with two attached hydrogens (primary N) is 1. The smallest absolute Gasteiger partial charge is 0.379 e.